The van der Waals surface area contributed by atoms with Crippen LogP contribution in [-0.2, 0) is 29.7 Å². The SMILES string of the molecule is CCn1c(CN(C)Cc2cccc(OC)c2)nc2cc(S(=O)(=O)N3CCCCC3)ccc21. The average Bonchev–Trinajstić information content (AvgIpc) is 3.15. The number of sulfonamides is 1. The van der Waals surface area contributed by atoms with Gasteiger partial charge in [-0.25, -0.2) is 13.4 Å². The second-order valence-electron chi connectivity index (χ2n) is 8.41. The third kappa shape index (κ3) is 4.67. The van der Waals surface area contributed by atoms with Crippen LogP contribution in [0.1, 0.15) is 37.6 Å². The van der Waals surface area contributed by atoms with Crippen molar-refractivity contribution in [2.45, 2.75) is 50.7 Å². The van der Waals surface area contributed by atoms with Crippen LogP contribution < -0.4 is 4.74 Å². The molecule has 172 valence electrons. The second kappa shape index (κ2) is 9.60. The Hall–Kier alpha value is -2.42. The first-order valence-corrected chi connectivity index (χ1v) is 12.7. The van der Waals surface area contributed by atoms with Crippen LogP contribution in [0.4, 0.5) is 0 Å². The number of hydrogen-bond donors (Lipinski definition) is 0. The van der Waals surface area contributed by atoms with E-state index < -0.39 is 10.0 Å². The van der Waals surface area contributed by atoms with Crippen LogP contribution >= 0.6 is 0 Å². The predicted octanol–water partition coefficient (Wildman–Crippen LogP) is 3.87. The van der Waals surface area contributed by atoms with Crippen LogP contribution in [0.15, 0.2) is 47.4 Å². The Labute approximate surface area is 190 Å². The Morgan fingerprint density at radius 2 is 1.84 bits per heavy atom. The maximum absolute atomic E-state index is 13.1. The van der Waals surface area contributed by atoms with Gasteiger partial charge in [0.05, 0.1) is 29.6 Å². The Balaban J connectivity index is 1.58. The van der Waals surface area contributed by atoms with Gasteiger partial charge >= 0.3 is 0 Å². The number of aromatic nitrogens is 2. The molecule has 0 amide bonds. The number of nitrogens with zero attached hydrogens (tertiary/aromatic N) is 4. The third-order valence-corrected chi connectivity index (χ3v) is 7.96. The van der Waals surface area contributed by atoms with E-state index in [1.165, 1.54) is 5.56 Å². The smallest absolute Gasteiger partial charge is 0.243 e. The van der Waals surface area contributed by atoms with Gasteiger partial charge in [-0.2, -0.15) is 4.31 Å². The number of ether oxygens (including phenoxy) is 1. The lowest BCUT2D eigenvalue weighted by Crippen LogP contribution is -2.35. The van der Waals surface area contributed by atoms with Crippen molar-refractivity contribution >= 4 is 21.1 Å². The van der Waals surface area contributed by atoms with Crippen molar-refractivity contribution in [2.24, 2.45) is 0 Å². The molecule has 32 heavy (non-hydrogen) atoms. The van der Waals surface area contributed by atoms with Crippen molar-refractivity contribution in [1.29, 1.82) is 0 Å². The first-order valence-electron chi connectivity index (χ1n) is 11.2. The van der Waals surface area contributed by atoms with E-state index in [0.29, 0.717) is 24.5 Å². The Morgan fingerprint density at radius 1 is 1.06 bits per heavy atom. The third-order valence-electron chi connectivity index (χ3n) is 6.07. The van der Waals surface area contributed by atoms with Gasteiger partial charge < -0.3 is 9.30 Å². The molecule has 0 bridgehead atoms. The van der Waals surface area contributed by atoms with Crippen molar-refractivity contribution in [2.75, 3.05) is 27.2 Å². The molecule has 1 aliphatic heterocycles. The van der Waals surface area contributed by atoms with Crippen molar-refractivity contribution in [1.82, 2.24) is 18.8 Å². The molecule has 8 heteroatoms. The summed E-state index contributed by atoms with van der Waals surface area (Å²) in [6.07, 6.45) is 2.95. The highest BCUT2D eigenvalue weighted by Gasteiger charge is 2.26. The van der Waals surface area contributed by atoms with Crippen molar-refractivity contribution in [3.05, 3.63) is 53.9 Å². The predicted molar refractivity (Wildman–Crippen MR) is 126 cm³/mol. The zero-order valence-electron chi connectivity index (χ0n) is 19.1. The summed E-state index contributed by atoms with van der Waals surface area (Å²) in [6, 6.07) is 13.4. The topological polar surface area (TPSA) is 67.7 Å². The molecule has 1 aromatic heterocycles. The van der Waals surface area contributed by atoms with Gasteiger partial charge in [0.25, 0.3) is 0 Å². The molecule has 0 N–H and O–H groups in total. The van der Waals surface area contributed by atoms with E-state index in [0.717, 1.165) is 55.0 Å². The van der Waals surface area contributed by atoms with Gasteiger partial charge in [0.2, 0.25) is 10.0 Å². The van der Waals surface area contributed by atoms with E-state index in [2.05, 4.69) is 29.5 Å². The Kier molecular flexibility index (Phi) is 6.83. The van der Waals surface area contributed by atoms with E-state index in [4.69, 9.17) is 9.72 Å². The summed E-state index contributed by atoms with van der Waals surface area (Å²) < 4.78 is 35.3. The maximum atomic E-state index is 13.1. The molecule has 1 aliphatic rings. The number of aryl methyl sites for hydroxylation is 1. The van der Waals surface area contributed by atoms with Crippen LogP contribution in [0.3, 0.4) is 0 Å². The van der Waals surface area contributed by atoms with E-state index in [1.54, 1.807) is 23.5 Å². The summed E-state index contributed by atoms with van der Waals surface area (Å²) >= 11 is 0. The quantitative estimate of drug-likeness (QED) is 0.515. The fourth-order valence-corrected chi connectivity index (χ4v) is 5.97. The summed E-state index contributed by atoms with van der Waals surface area (Å²) in [4.78, 5) is 7.37. The lowest BCUT2D eigenvalue weighted by atomic mass is 10.2. The van der Waals surface area contributed by atoms with Gasteiger partial charge in [0.15, 0.2) is 0 Å². The molecule has 1 saturated heterocycles. The molecule has 2 aromatic carbocycles. The first kappa shape index (κ1) is 22.8. The number of piperidine rings is 1. The minimum Gasteiger partial charge on any atom is -0.497 e. The number of fused-ring (bicyclic) bond motifs is 1. The van der Waals surface area contributed by atoms with Gasteiger partial charge in [0.1, 0.15) is 11.6 Å². The molecule has 0 saturated carbocycles. The summed E-state index contributed by atoms with van der Waals surface area (Å²) in [5, 5.41) is 0. The molecule has 7 nitrogen and oxygen atoms in total. The Bertz CT molecular complexity index is 1180. The second-order valence-corrected chi connectivity index (χ2v) is 10.3. The molecule has 0 spiro atoms. The van der Waals surface area contributed by atoms with Gasteiger partial charge in [-0.3, -0.25) is 4.90 Å². The van der Waals surface area contributed by atoms with E-state index in [1.807, 2.05) is 24.3 Å². The molecule has 0 atom stereocenters. The van der Waals surface area contributed by atoms with Crippen LogP contribution in [0.25, 0.3) is 11.0 Å². The number of hydrogen-bond acceptors (Lipinski definition) is 5. The normalized spacial score (nSPS) is 15.5. The summed E-state index contributed by atoms with van der Waals surface area (Å²) in [6.45, 7) is 5.49. The highest BCUT2D eigenvalue weighted by molar-refractivity contribution is 7.89. The molecule has 1 fully saturated rings. The molecular formula is C24H32N4O3S. The van der Waals surface area contributed by atoms with Crippen LogP contribution in [-0.4, -0.2) is 54.4 Å². The summed E-state index contributed by atoms with van der Waals surface area (Å²) in [5.41, 5.74) is 2.87. The highest BCUT2D eigenvalue weighted by Crippen LogP contribution is 2.25. The average molecular weight is 457 g/mol. The van der Waals surface area contributed by atoms with Crippen LogP contribution in [0.2, 0.25) is 0 Å². The summed E-state index contributed by atoms with van der Waals surface area (Å²) in [5.74, 6) is 1.78. The number of methoxy groups -OCH3 is 1. The summed E-state index contributed by atoms with van der Waals surface area (Å²) in [7, 11) is 0.261. The van der Waals surface area contributed by atoms with Crippen molar-refractivity contribution in [3.8, 4) is 5.75 Å². The van der Waals surface area contributed by atoms with E-state index in [-0.39, 0.29) is 0 Å². The molecular weight excluding hydrogens is 424 g/mol. The number of rotatable bonds is 8. The number of benzene rings is 2. The van der Waals surface area contributed by atoms with E-state index in [9.17, 15) is 8.42 Å². The zero-order valence-corrected chi connectivity index (χ0v) is 19.9. The standard InChI is InChI=1S/C24H32N4O3S/c1-4-28-23-12-11-21(32(29,30)27-13-6-5-7-14-27)16-22(23)25-24(28)18-26(2)17-19-9-8-10-20(15-19)31-3/h8-12,15-16H,4-7,13-14,17-18H2,1-3H3. The molecule has 2 heterocycles. The fraction of sp³-hybridized carbons (Fsp3) is 0.458. The maximum Gasteiger partial charge on any atom is 0.243 e. The van der Waals surface area contributed by atoms with Crippen LogP contribution in [0.5, 0.6) is 5.75 Å². The zero-order chi connectivity index (χ0) is 22.7. The lowest BCUT2D eigenvalue weighted by Gasteiger charge is -2.25. The first-order chi connectivity index (χ1) is 15.4. The monoisotopic (exact) mass is 456 g/mol. The van der Waals surface area contributed by atoms with E-state index >= 15 is 0 Å². The van der Waals surface area contributed by atoms with Gasteiger partial charge in [0, 0.05) is 26.2 Å². The molecule has 0 radical (unpaired) electrons. The molecule has 4 rings (SSSR count). The van der Waals surface area contributed by atoms with Crippen LogP contribution in [0, 0.1) is 0 Å². The fourth-order valence-electron chi connectivity index (χ4n) is 4.43. The highest BCUT2D eigenvalue weighted by atomic mass is 32.2. The largest absolute Gasteiger partial charge is 0.497 e. The minimum atomic E-state index is -3.47. The molecule has 0 unspecified atom stereocenters. The van der Waals surface area contributed by atoms with Crippen molar-refractivity contribution in [3.63, 3.8) is 0 Å². The molecule has 0 aliphatic carbocycles. The lowest BCUT2D eigenvalue weighted by molar-refractivity contribution is 0.305. The van der Waals surface area contributed by atoms with Gasteiger partial charge in [-0.1, -0.05) is 18.6 Å². The van der Waals surface area contributed by atoms with Gasteiger partial charge in [-0.05, 0) is 62.7 Å². The number of imidazole rings is 1. The minimum absolute atomic E-state index is 0.337. The van der Waals surface area contributed by atoms with Gasteiger partial charge in [-0.15, -0.1) is 0 Å². The van der Waals surface area contributed by atoms with Crippen molar-refractivity contribution < 1.29 is 13.2 Å². The molecule has 3 aromatic rings. The Morgan fingerprint density at radius 3 is 2.56 bits per heavy atom.